The van der Waals surface area contributed by atoms with Gasteiger partial charge >= 0.3 is 0 Å². The van der Waals surface area contributed by atoms with E-state index in [9.17, 15) is 9.59 Å². The molecule has 1 saturated carbocycles. The van der Waals surface area contributed by atoms with Crippen LogP contribution in [0.5, 0.6) is 0 Å². The van der Waals surface area contributed by atoms with E-state index in [1.165, 1.54) is 0 Å². The molecule has 0 radical (unpaired) electrons. The fraction of sp³-hybridized carbons (Fsp3) is 0.529. The lowest BCUT2D eigenvalue weighted by atomic mass is 10.1. The number of rotatable bonds is 5. The number of aryl methyl sites for hydroxylation is 1. The Morgan fingerprint density at radius 3 is 2.57 bits per heavy atom. The van der Waals surface area contributed by atoms with Gasteiger partial charge in [-0.25, -0.2) is 0 Å². The van der Waals surface area contributed by atoms with Gasteiger partial charge in [0.05, 0.1) is 6.54 Å². The second-order valence-electron chi connectivity index (χ2n) is 5.73. The molecule has 21 heavy (non-hydrogen) atoms. The summed E-state index contributed by atoms with van der Waals surface area (Å²) in [7, 11) is 1.71. The van der Waals surface area contributed by atoms with Crippen LogP contribution in [0, 0.1) is 5.92 Å². The van der Waals surface area contributed by atoms with Crippen LogP contribution in [-0.2, 0) is 16.0 Å². The molecule has 114 valence electrons. The van der Waals surface area contributed by atoms with Crippen LogP contribution in [0.25, 0.3) is 0 Å². The van der Waals surface area contributed by atoms with Crippen LogP contribution < -0.4 is 5.32 Å². The van der Waals surface area contributed by atoms with Crippen LogP contribution in [0.2, 0.25) is 0 Å². The number of benzene rings is 1. The fourth-order valence-electron chi connectivity index (χ4n) is 2.92. The number of amides is 2. The Morgan fingerprint density at radius 1 is 1.24 bits per heavy atom. The molecular weight excluding hydrogens is 264 g/mol. The number of nitrogens with one attached hydrogen (secondary N) is 1. The van der Waals surface area contributed by atoms with Crippen LogP contribution >= 0.6 is 0 Å². The molecule has 4 heteroatoms. The van der Waals surface area contributed by atoms with Gasteiger partial charge in [-0.1, -0.05) is 38.0 Å². The van der Waals surface area contributed by atoms with Crippen LogP contribution in [0.3, 0.4) is 0 Å². The Labute approximate surface area is 126 Å². The number of carbonyl (C=O) groups excluding carboxylic acids is 2. The number of anilines is 1. The molecule has 1 fully saturated rings. The summed E-state index contributed by atoms with van der Waals surface area (Å²) in [4.78, 5) is 25.9. The van der Waals surface area contributed by atoms with E-state index in [0.717, 1.165) is 43.4 Å². The minimum Gasteiger partial charge on any atom is -0.336 e. The van der Waals surface area contributed by atoms with Crippen LogP contribution in [-0.4, -0.2) is 30.3 Å². The fourth-order valence-corrected chi connectivity index (χ4v) is 2.92. The highest BCUT2D eigenvalue weighted by Crippen LogP contribution is 2.26. The van der Waals surface area contributed by atoms with Crippen molar-refractivity contribution in [2.75, 3.05) is 18.9 Å². The topological polar surface area (TPSA) is 49.4 Å². The van der Waals surface area contributed by atoms with Gasteiger partial charge in [0, 0.05) is 18.7 Å². The highest BCUT2D eigenvalue weighted by Gasteiger charge is 2.26. The Kier molecular flexibility index (Phi) is 5.37. The van der Waals surface area contributed by atoms with Gasteiger partial charge in [0.25, 0.3) is 0 Å². The maximum atomic E-state index is 12.2. The number of para-hydroxylation sites is 1. The number of hydrogen-bond donors (Lipinski definition) is 1. The number of likely N-dealkylation sites (N-methyl/N-ethyl adjacent to an activating group) is 1. The summed E-state index contributed by atoms with van der Waals surface area (Å²) in [6.07, 6.45) is 5.04. The molecule has 0 spiro atoms. The first-order valence-corrected chi connectivity index (χ1v) is 7.74. The van der Waals surface area contributed by atoms with E-state index >= 15 is 0 Å². The van der Waals surface area contributed by atoms with E-state index in [-0.39, 0.29) is 24.3 Å². The van der Waals surface area contributed by atoms with Gasteiger partial charge in [0.2, 0.25) is 11.8 Å². The largest absolute Gasteiger partial charge is 0.336 e. The molecule has 0 heterocycles. The molecule has 0 atom stereocenters. The van der Waals surface area contributed by atoms with Crippen molar-refractivity contribution in [2.24, 2.45) is 5.92 Å². The lowest BCUT2D eigenvalue weighted by Gasteiger charge is -2.20. The summed E-state index contributed by atoms with van der Waals surface area (Å²) in [6, 6.07) is 7.77. The monoisotopic (exact) mass is 288 g/mol. The van der Waals surface area contributed by atoms with Gasteiger partial charge in [0.15, 0.2) is 0 Å². The Morgan fingerprint density at radius 2 is 1.90 bits per heavy atom. The second-order valence-corrected chi connectivity index (χ2v) is 5.73. The molecule has 1 aliphatic rings. The first-order valence-electron chi connectivity index (χ1n) is 7.74. The van der Waals surface area contributed by atoms with E-state index < -0.39 is 0 Å². The van der Waals surface area contributed by atoms with E-state index in [1.807, 2.05) is 24.3 Å². The average molecular weight is 288 g/mol. The zero-order valence-corrected chi connectivity index (χ0v) is 12.9. The highest BCUT2D eigenvalue weighted by molar-refractivity contribution is 5.95. The summed E-state index contributed by atoms with van der Waals surface area (Å²) >= 11 is 0. The van der Waals surface area contributed by atoms with Gasteiger partial charge in [-0.2, -0.15) is 0 Å². The minimum absolute atomic E-state index is 0.103. The van der Waals surface area contributed by atoms with Crippen molar-refractivity contribution in [3.05, 3.63) is 29.8 Å². The molecule has 1 N–H and O–H groups in total. The summed E-state index contributed by atoms with van der Waals surface area (Å²) in [5.74, 6) is 0.0851. The minimum atomic E-state index is -0.134. The molecule has 0 aliphatic heterocycles. The predicted molar refractivity (Wildman–Crippen MR) is 84.0 cm³/mol. The highest BCUT2D eigenvalue weighted by atomic mass is 16.2. The average Bonchev–Trinajstić information content (AvgIpc) is 3.01. The van der Waals surface area contributed by atoms with Gasteiger partial charge in [-0.15, -0.1) is 0 Å². The third-order valence-corrected chi connectivity index (χ3v) is 4.13. The van der Waals surface area contributed by atoms with Crippen molar-refractivity contribution in [3.63, 3.8) is 0 Å². The zero-order chi connectivity index (χ0) is 15.2. The summed E-state index contributed by atoms with van der Waals surface area (Å²) in [5.41, 5.74) is 1.95. The van der Waals surface area contributed by atoms with Gasteiger partial charge in [-0.3, -0.25) is 9.59 Å². The van der Waals surface area contributed by atoms with Crippen molar-refractivity contribution in [1.82, 2.24) is 4.90 Å². The second kappa shape index (κ2) is 7.25. The molecule has 2 amide bonds. The maximum absolute atomic E-state index is 12.2. The lowest BCUT2D eigenvalue weighted by Crippen LogP contribution is -2.38. The predicted octanol–water partition coefficient (Wildman–Crippen LogP) is 2.84. The molecule has 4 nitrogen and oxygen atoms in total. The number of nitrogens with zero attached hydrogens (tertiary/aromatic N) is 1. The van der Waals surface area contributed by atoms with Crippen molar-refractivity contribution < 1.29 is 9.59 Å². The Bertz CT molecular complexity index is 507. The van der Waals surface area contributed by atoms with E-state index in [0.29, 0.717) is 0 Å². The van der Waals surface area contributed by atoms with Crippen molar-refractivity contribution in [2.45, 2.75) is 39.0 Å². The maximum Gasteiger partial charge on any atom is 0.243 e. The normalized spacial score (nSPS) is 15.0. The quantitative estimate of drug-likeness (QED) is 0.905. The van der Waals surface area contributed by atoms with Crippen LogP contribution in [0.15, 0.2) is 24.3 Å². The van der Waals surface area contributed by atoms with E-state index in [1.54, 1.807) is 11.9 Å². The Hall–Kier alpha value is -1.84. The molecule has 1 aromatic rings. The molecule has 0 unspecified atom stereocenters. The van der Waals surface area contributed by atoms with Gasteiger partial charge in [0.1, 0.15) is 0 Å². The van der Waals surface area contributed by atoms with Crippen LogP contribution in [0.4, 0.5) is 5.69 Å². The molecule has 0 aromatic heterocycles. The van der Waals surface area contributed by atoms with E-state index in [4.69, 9.17) is 0 Å². The van der Waals surface area contributed by atoms with Gasteiger partial charge in [-0.05, 0) is 30.9 Å². The third-order valence-electron chi connectivity index (χ3n) is 4.13. The first kappa shape index (κ1) is 15.5. The third kappa shape index (κ3) is 4.06. The molecule has 1 aromatic carbocycles. The smallest absolute Gasteiger partial charge is 0.243 e. The number of hydrogen-bond acceptors (Lipinski definition) is 2. The van der Waals surface area contributed by atoms with Gasteiger partial charge < -0.3 is 10.2 Å². The lowest BCUT2D eigenvalue weighted by molar-refractivity contribution is -0.136. The first-order chi connectivity index (χ1) is 10.1. The van der Waals surface area contributed by atoms with Crippen LogP contribution in [0.1, 0.15) is 38.2 Å². The molecule has 2 rings (SSSR count). The summed E-state index contributed by atoms with van der Waals surface area (Å²) in [6.45, 7) is 2.17. The van der Waals surface area contributed by atoms with E-state index in [2.05, 4.69) is 12.2 Å². The SMILES string of the molecule is CCc1ccccc1NC(=O)CN(C)C(=O)C1CCCC1. The summed E-state index contributed by atoms with van der Waals surface area (Å²) < 4.78 is 0. The van der Waals surface area contributed by atoms with Crippen molar-refractivity contribution in [3.8, 4) is 0 Å². The molecular formula is C17H24N2O2. The number of carbonyl (C=O) groups is 2. The van der Waals surface area contributed by atoms with Crippen molar-refractivity contribution >= 4 is 17.5 Å². The molecule has 1 aliphatic carbocycles. The molecule has 0 bridgehead atoms. The Balaban J connectivity index is 1.90. The standard InChI is InChI=1S/C17H24N2O2/c1-3-13-8-6-7-11-15(13)18-16(20)12-19(2)17(21)14-9-4-5-10-14/h6-8,11,14H,3-5,9-10,12H2,1-2H3,(H,18,20). The molecule has 0 saturated heterocycles. The summed E-state index contributed by atoms with van der Waals surface area (Å²) in [5, 5.41) is 2.90. The zero-order valence-electron chi connectivity index (χ0n) is 12.9. The van der Waals surface area contributed by atoms with Crippen molar-refractivity contribution in [1.29, 1.82) is 0 Å².